The van der Waals surface area contributed by atoms with Gasteiger partial charge in [-0.1, -0.05) is 48.5 Å². The monoisotopic (exact) mass is 465 g/mol. The van der Waals surface area contributed by atoms with Gasteiger partial charge < -0.3 is 14.2 Å². The number of hydrogen-bond donors (Lipinski definition) is 0. The van der Waals surface area contributed by atoms with Crippen LogP contribution >= 0.6 is 0 Å². The van der Waals surface area contributed by atoms with E-state index in [1.54, 1.807) is 0 Å². The predicted molar refractivity (Wildman–Crippen MR) is 141 cm³/mol. The fraction of sp³-hybridized carbons (Fsp3) is 0.267. The number of aromatic nitrogens is 2. The molecule has 1 aliphatic rings. The average Bonchev–Trinajstić information content (AvgIpc) is 3.42. The summed E-state index contributed by atoms with van der Waals surface area (Å²) in [6, 6.07) is 22.4. The first-order valence-electron chi connectivity index (χ1n) is 12.2. The lowest BCUT2D eigenvalue weighted by Gasteiger charge is -2.20. The van der Waals surface area contributed by atoms with Crippen LogP contribution in [0.3, 0.4) is 0 Å². The van der Waals surface area contributed by atoms with Crippen molar-refractivity contribution in [3.63, 3.8) is 0 Å². The molecule has 0 bridgehead atoms. The number of allylic oxidation sites excluding steroid dienone is 1. The number of fused-ring (bicyclic) bond motifs is 1. The third-order valence-corrected chi connectivity index (χ3v) is 6.95. The maximum absolute atomic E-state index is 13.1. The van der Waals surface area contributed by atoms with E-state index < -0.39 is 0 Å². The first-order valence-corrected chi connectivity index (χ1v) is 12.2. The van der Waals surface area contributed by atoms with Crippen molar-refractivity contribution in [2.75, 3.05) is 18.1 Å². The van der Waals surface area contributed by atoms with Gasteiger partial charge in [0, 0.05) is 24.6 Å². The van der Waals surface area contributed by atoms with Crippen molar-refractivity contribution < 1.29 is 9.53 Å². The molecule has 1 fully saturated rings. The van der Waals surface area contributed by atoms with Crippen LogP contribution in [-0.2, 0) is 17.8 Å². The first-order chi connectivity index (χ1) is 17.1. The van der Waals surface area contributed by atoms with Gasteiger partial charge in [-0.25, -0.2) is 4.98 Å². The van der Waals surface area contributed by atoms with Crippen molar-refractivity contribution in [1.82, 2.24) is 9.55 Å². The molecule has 2 heterocycles. The zero-order chi connectivity index (χ0) is 24.4. The van der Waals surface area contributed by atoms with Gasteiger partial charge in [-0.2, -0.15) is 0 Å². The van der Waals surface area contributed by atoms with E-state index in [9.17, 15) is 4.79 Å². The van der Waals surface area contributed by atoms with Crippen LogP contribution in [-0.4, -0.2) is 28.6 Å². The highest BCUT2D eigenvalue weighted by molar-refractivity contribution is 5.97. The Labute approximate surface area is 206 Å². The first kappa shape index (κ1) is 22.9. The minimum Gasteiger partial charge on any atom is -0.491 e. The van der Waals surface area contributed by atoms with E-state index in [0.717, 1.165) is 45.8 Å². The molecule has 5 rings (SSSR count). The summed E-state index contributed by atoms with van der Waals surface area (Å²) in [6.07, 6.45) is 3.12. The van der Waals surface area contributed by atoms with Crippen LogP contribution in [0.1, 0.15) is 34.9 Å². The Balaban J connectivity index is 1.41. The van der Waals surface area contributed by atoms with E-state index in [1.807, 2.05) is 59.5 Å². The zero-order valence-electron chi connectivity index (χ0n) is 20.4. The fourth-order valence-electron chi connectivity index (χ4n) is 5.00. The molecule has 1 unspecified atom stereocenters. The van der Waals surface area contributed by atoms with Gasteiger partial charge in [0.05, 0.1) is 17.6 Å². The lowest BCUT2D eigenvalue weighted by molar-refractivity contribution is -0.117. The van der Waals surface area contributed by atoms with Gasteiger partial charge in [0.15, 0.2) is 0 Å². The van der Waals surface area contributed by atoms with Gasteiger partial charge in [0.25, 0.3) is 0 Å². The number of amides is 1. The highest BCUT2D eigenvalue weighted by atomic mass is 16.5. The number of anilines is 1. The van der Waals surface area contributed by atoms with Gasteiger partial charge in [0.1, 0.15) is 18.2 Å². The van der Waals surface area contributed by atoms with Crippen molar-refractivity contribution in [2.24, 2.45) is 0 Å². The lowest BCUT2D eigenvalue weighted by atomic mass is 10.1. The summed E-state index contributed by atoms with van der Waals surface area (Å²) in [6.45, 7) is 9.84. The second-order valence-corrected chi connectivity index (χ2v) is 9.18. The molecule has 0 spiro atoms. The molecular formula is C30H31N3O2. The topological polar surface area (TPSA) is 47.4 Å². The number of aryl methyl sites for hydroxylation is 1. The lowest BCUT2D eigenvalue weighted by Crippen LogP contribution is -2.25. The summed E-state index contributed by atoms with van der Waals surface area (Å²) in [7, 11) is 0. The maximum atomic E-state index is 13.1. The molecule has 1 atom stereocenters. The van der Waals surface area contributed by atoms with E-state index in [1.165, 1.54) is 5.56 Å². The molecule has 0 aliphatic carbocycles. The molecular weight excluding hydrogens is 434 g/mol. The summed E-state index contributed by atoms with van der Waals surface area (Å²) in [4.78, 5) is 20.0. The Morgan fingerprint density at radius 1 is 1.06 bits per heavy atom. The van der Waals surface area contributed by atoms with Gasteiger partial charge >= 0.3 is 0 Å². The number of nitrogens with zero attached hydrogens (tertiary/aromatic N) is 3. The summed E-state index contributed by atoms with van der Waals surface area (Å²) in [5.74, 6) is 2.02. The van der Waals surface area contributed by atoms with Crippen LogP contribution in [0.2, 0.25) is 0 Å². The molecule has 0 saturated carbocycles. The normalized spacial score (nSPS) is 15.7. The number of para-hydroxylation sites is 3. The molecule has 1 aliphatic heterocycles. The van der Waals surface area contributed by atoms with Crippen molar-refractivity contribution in [2.45, 2.75) is 39.2 Å². The Bertz CT molecular complexity index is 1390. The molecule has 3 aromatic carbocycles. The van der Waals surface area contributed by atoms with Crippen LogP contribution in [0.25, 0.3) is 11.0 Å². The number of imidazole rings is 1. The number of rotatable bonds is 8. The third kappa shape index (κ3) is 4.46. The molecule has 1 aromatic heterocycles. The molecule has 1 amide bonds. The zero-order valence-corrected chi connectivity index (χ0v) is 20.4. The smallest absolute Gasteiger partial charge is 0.227 e. The van der Waals surface area contributed by atoms with Crippen molar-refractivity contribution >= 4 is 22.6 Å². The van der Waals surface area contributed by atoms with E-state index in [-0.39, 0.29) is 11.8 Å². The number of carbonyl (C=O) groups excluding carboxylic acids is 1. The largest absolute Gasteiger partial charge is 0.491 e. The van der Waals surface area contributed by atoms with E-state index in [4.69, 9.17) is 9.72 Å². The fourth-order valence-corrected chi connectivity index (χ4v) is 5.00. The summed E-state index contributed by atoms with van der Waals surface area (Å²) >= 11 is 0. The van der Waals surface area contributed by atoms with Crippen LogP contribution in [0.15, 0.2) is 79.4 Å². The molecule has 0 N–H and O–H groups in total. The highest BCUT2D eigenvalue weighted by Crippen LogP contribution is 2.35. The Kier molecular flexibility index (Phi) is 6.41. The van der Waals surface area contributed by atoms with Gasteiger partial charge in [-0.3, -0.25) is 4.79 Å². The van der Waals surface area contributed by atoms with Crippen LogP contribution in [0.4, 0.5) is 5.69 Å². The van der Waals surface area contributed by atoms with Crippen LogP contribution < -0.4 is 9.64 Å². The SMILES string of the molecule is C=CCc1ccccc1OCCn1c(C2CC(=O)N(c3cccc(C)c3C)C2)nc2ccccc21. The second kappa shape index (κ2) is 9.79. The number of ether oxygens (including phenoxy) is 1. The molecule has 178 valence electrons. The van der Waals surface area contributed by atoms with E-state index in [2.05, 4.69) is 43.2 Å². The highest BCUT2D eigenvalue weighted by Gasteiger charge is 2.35. The minimum atomic E-state index is 0.0304. The van der Waals surface area contributed by atoms with Gasteiger partial charge in [-0.15, -0.1) is 6.58 Å². The molecule has 0 radical (unpaired) electrons. The van der Waals surface area contributed by atoms with E-state index in [0.29, 0.717) is 26.1 Å². The molecule has 5 heteroatoms. The van der Waals surface area contributed by atoms with Crippen molar-refractivity contribution in [3.8, 4) is 5.75 Å². The van der Waals surface area contributed by atoms with Crippen molar-refractivity contribution in [3.05, 3.63) is 102 Å². The minimum absolute atomic E-state index is 0.0304. The quantitative estimate of drug-likeness (QED) is 0.301. The number of carbonyl (C=O) groups is 1. The molecule has 5 nitrogen and oxygen atoms in total. The van der Waals surface area contributed by atoms with E-state index >= 15 is 0 Å². The Morgan fingerprint density at radius 3 is 2.71 bits per heavy atom. The van der Waals surface area contributed by atoms with Crippen LogP contribution in [0.5, 0.6) is 5.75 Å². The van der Waals surface area contributed by atoms with Gasteiger partial charge in [-0.05, 0) is 61.2 Å². The molecule has 35 heavy (non-hydrogen) atoms. The predicted octanol–water partition coefficient (Wildman–Crippen LogP) is 5.98. The summed E-state index contributed by atoms with van der Waals surface area (Å²) in [5.41, 5.74) is 6.50. The third-order valence-electron chi connectivity index (χ3n) is 6.95. The number of benzene rings is 3. The second-order valence-electron chi connectivity index (χ2n) is 9.18. The standard InChI is InChI=1S/C30H31N3O2/c1-4-10-23-12-5-8-16-28(23)35-18-17-32-27-14-7-6-13-25(27)31-30(32)24-19-29(34)33(20-24)26-15-9-11-21(2)22(26)3/h4-9,11-16,24H,1,10,17-20H2,2-3H3. The number of hydrogen-bond acceptors (Lipinski definition) is 3. The van der Waals surface area contributed by atoms with Gasteiger partial charge in [0.2, 0.25) is 5.91 Å². The average molecular weight is 466 g/mol. The summed E-state index contributed by atoms with van der Waals surface area (Å²) in [5, 5.41) is 0. The molecule has 1 saturated heterocycles. The van der Waals surface area contributed by atoms with Crippen molar-refractivity contribution in [1.29, 1.82) is 0 Å². The summed E-state index contributed by atoms with van der Waals surface area (Å²) < 4.78 is 8.43. The maximum Gasteiger partial charge on any atom is 0.227 e. The Hall–Kier alpha value is -3.86. The molecule has 4 aromatic rings. The Morgan fingerprint density at radius 2 is 1.86 bits per heavy atom. The van der Waals surface area contributed by atoms with Crippen LogP contribution in [0, 0.1) is 13.8 Å².